The summed E-state index contributed by atoms with van der Waals surface area (Å²) in [5.41, 5.74) is 0.575. The second kappa shape index (κ2) is 4.27. The molecule has 0 unspecified atom stereocenters. The van der Waals surface area contributed by atoms with Gasteiger partial charge in [-0.15, -0.1) is 0 Å². The fraction of sp³-hybridized carbons (Fsp3) is 0.533. The molecule has 3 rings (SSSR count). The maximum atomic E-state index is 11.8. The molecule has 2 fully saturated rings. The predicted molar refractivity (Wildman–Crippen MR) is 70.7 cm³/mol. The van der Waals surface area contributed by atoms with Crippen LogP contribution in [-0.4, -0.2) is 11.1 Å². The minimum Gasteiger partial charge on any atom is -0.481 e. The first kappa shape index (κ1) is 12.0. The summed E-state index contributed by atoms with van der Waals surface area (Å²) in [5.74, 6) is 0.402. The molecular weight excluding hydrogens is 248 g/mol. The lowest BCUT2D eigenvalue weighted by atomic mass is 9.69. The van der Waals surface area contributed by atoms with E-state index in [-0.39, 0.29) is 0 Å². The average Bonchev–Trinajstić information content (AvgIpc) is 2.93. The Kier molecular flexibility index (Phi) is 2.86. The zero-order valence-electron chi connectivity index (χ0n) is 10.2. The smallest absolute Gasteiger partial charge is 0.310 e. The van der Waals surface area contributed by atoms with Crippen molar-refractivity contribution in [3.8, 4) is 0 Å². The molecule has 0 aliphatic heterocycles. The van der Waals surface area contributed by atoms with Gasteiger partial charge in [-0.1, -0.05) is 30.2 Å². The summed E-state index contributed by atoms with van der Waals surface area (Å²) in [4.78, 5) is 11.8. The molecule has 3 atom stereocenters. The van der Waals surface area contributed by atoms with E-state index < -0.39 is 11.4 Å². The van der Waals surface area contributed by atoms with Gasteiger partial charge >= 0.3 is 5.97 Å². The Balaban J connectivity index is 1.88. The summed E-state index contributed by atoms with van der Waals surface area (Å²) in [5, 5.41) is 10.4. The van der Waals surface area contributed by atoms with E-state index in [1.165, 1.54) is 6.42 Å². The van der Waals surface area contributed by atoms with E-state index >= 15 is 0 Å². The lowest BCUT2D eigenvalue weighted by Crippen LogP contribution is -2.38. The highest BCUT2D eigenvalue weighted by molar-refractivity contribution is 6.30. The minimum absolute atomic E-state index is 0.371. The minimum atomic E-state index is -0.607. The highest BCUT2D eigenvalue weighted by Gasteiger charge is 2.55. The van der Waals surface area contributed by atoms with Gasteiger partial charge in [-0.25, -0.2) is 0 Å². The molecule has 0 radical (unpaired) electrons. The van der Waals surface area contributed by atoms with Gasteiger partial charge in [0.1, 0.15) is 0 Å². The molecule has 2 bridgehead atoms. The number of carboxylic acids is 1. The molecule has 96 valence electrons. The van der Waals surface area contributed by atoms with Gasteiger partial charge in [0.25, 0.3) is 0 Å². The predicted octanol–water partition coefficient (Wildman–Crippen LogP) is 3.77. The van der Waals surface area contributed by atoms with Crippen LogP contribution in [0.3, 0.4) is 0 Å². The molecule has 0 heterocycles. The van der Waals surface area contributed by atoms with Crippen molar-refractivity contribution < 1.29 is 9.90 Å². The van der Waals surface area contributed by atoms with Crippen LogP contribution in [0.1, 0.15) is 31.2 Å². The summed E-state index contributed by atoms with van der Waals surface area (Å²) >= 11 is 5.87. The molecule has 1 aromatic carbocycles. The number of hydrogen-bond donors (Lipinski definition) is 1. The monoisotopic (exact) mass is 264 g/mol. The van der Waals surface area contributed by atoms with Crippen LogP contribution in [0.15, 0.2) is 24.3 Å². The number of rotatable bonds is 3. The molecule has 3 heteroatoms. The highest BCUT2D eigenvalue weighted by Crippen LogP contribution is 2.57. The molecule has 1 aromatic rings. The number of carbonyl (C=O) groups is 1. The molecule has 18 heavy (non-hydrogen) atoms. The summed E-state index contributed by atoms with van der Waals surface area (Å²) < 4.78 is 0. The standard InChI is InChI=1S/C15H17ClO2/c16-13-5-2-10(3-6-13)8-15(14(17)18)9-11-1-4-12(15)7-11/h2-3,5-6,11-12H,1,4,7-9H2,(H,17,18)/t11-,12+,15-/m0/s1. The number of hydrogen-bond acceptors (Lipinski definition) is 1. The zero-order valence-corrected chi connectivity index (χ0v) is 11.0. The van der Waals surface area contributed by atoms with Crippen LogP contribution in [-0.2, 0) is 11.2 Å². The topological polar surface area (TPSA) is 37.3 Å². The summed E-state index contributed by atoms with van der Waals surface area (Å²) in [6.07, 6.45) is 4.93. The van der Waals surface area contributed by atoms with Crippen molar-refractivity contribution in [2.75, 3.05) is 0 Å². The third-order valence-electron chi connectivity index (χ3n) is 4.83. The summed E-state index contributed by atoms with van der Waals surface area (Å²) in [6.45, 7) is 0. The van der Waals surface area contributed by atoms with Crippen molar-refractivity contribution in [1.82, 2.24) is 0 Å². The van der Waals surface area contributed by atoms with Crippen LogP contribution in [0.5, 0.6) is 0 Å². The largest absolute Gasteiger partial charge is 0.481 e. The SMILES string of the molecule is O=C(O)[C@@]1(Cc2ccc(Cl)cc2)C[C@H]2CC[C@@H]1C2. The Bertz CT molecular complexity index is 468. The molecule has 1 N–H and O–H groups in total. The maximum absolute atomic E-state index is 11.8. The van der Waals surface area contributed by atoms with Gasteiger partial charge in [-0.2, -0.15) is 0 Å². The third kappa shape index (κ3) is 1.83. The maximum Gasteiger partial charge on any atom is 0.310 e. The van der Waals surface area contributed by atoms with E-state index in [1.54, 1.807) is 0 Å². The molecule has 2 aliphatic carbocycles. The van der Waals surface area contributed by atoms with Crippen LogP contribution < -0.4 is 0 Å². The third-order valence-corrected chi connectivity index (χ3v) is 5.09. The second-order valence-corrected chi connectivity index (χ2v) is 6.28. The first-order valence-corrected chi connectivity index (χ1v) is 6.96. The van der Waals surface area contributed by atoms with Gasteiger partial charge in [-0.05, 0) is 55.2 Å². The quantitative estimate of drug-likeness (QED) is 0.902. The number of benzene rings is 1. The molecule has 2 nitrogen and oxygen atoms in total. The molecule has 0 amide bonds. The van der Waals surface area contributed by atoms with Crippen LogP contribution >= 0.6 is 11.6 Å². The van der Waals surface area contributed by atoms with Crippen molar-refractivity contribution in [3.05, 3.63) is 34.9 Å². The number of halogens is 1. The zero-order chi connectivity index (χ0) is 12.8. The van der Waals surface area contributed by atoms with E-state index in [2.05, 4.69) is 0 Å². The number of carboxylic acid groups (broad SMARTS) is 1. The Hall–Kier alpha value is -1.02. The van der Waals surface area contributed by atoms with E-state index in [9.17, 15) is 9.90 Å². The van der Waals surface area contributed by atoms with Crippen molar-refractivity contribution in [3.63, 3.8) is 0 Å². The Morgan fingerprint density at radius 2 is 2.06 bits per heavy atom. The van der Waals surface area contributed by atoms with E-state index in [4.69, 9.17) is 11.6 Å². The van der Waals surface area contributed by atoms with E-state index in [1.807, 2.05) is 24.3 Å². The first-order chi connectivity index (χ1) is 8.60. The Morgan fingerprint density at radius 1 is 1.33 bits per heavy atom. The van der Waals surface area contributed by atoms with Crippen LogP contribution in [0.4, 0.5) is 0 Å². The number of fused-ring (bicyclic) bond motifs is 2. The normalized spacial score (nSPS) is 33.8. The summed E-state index contributed by atoms with van der Waals surface area (Å²) in [7, 11) is 0. The first-order valence-electron chi connectivity index (χ1n) is 6.58. The lowest BCUT2D eigenvalue weighted by Gasteiger charge is -2.33. The average molecular weight is 265 g/mol. The Labute approximate surface area is 112 Å². The molecule has 2 saturated carbocycles. The van der Waals surface area contributed by atoms with Gasteiger partial charge in [0.05, 0.1) is 5.41 Å². The van der Waals surface area contributed by atoms with Crippen molar-refractivity contribution >= 4 is 17.6 Å². The van der Waals surface area contributed by atoms with Crippen LogP contribution in [0.25, 0.3) is 0 Å². The van der Waals surface area contributed by atoms with Crippen LogP contribution in [0.2, 0.25) is 5.02 Å². The highest BCUT2D eigenvalue weighted by atomic mass is 35.5. The fourth-order valence-corrected chi connectivity index (χ4v) is 4.09. The fourth-order valence-electron chi connectivity index (χ4n) is 3.96. The number of aliphatic carboxylic acids is 1. The van der Waals surface area contributed by atoms with Crippen molar-refractivity contribution in [1.29, 1.82) is 0 Å². The molecular formula is C15H17ClO2. The van der Waals surface area contributed by atoms with Gasteiger partial charge in [-0.3, -0.25) is 4.79 Å². The lowest BCUT2D eigenvalue weighted by molar-refractivity contribution is -0.152. The van der Waals surface area contributed by atoms with E-state index in [0.29, 0.717) is 23.3 Å². The van der Waals surface area contributed by atoms with Crippen molar-refractivity contribution in [2.24, 2.45) is 17.3 Å². The van der Waals surface area contributed by atoms with Gasteiger partial charge < -0.3 is 5.11 Å². The van der Waals surface area contributed by atoms with Gasteiger partial charge in [0, 0.05) is 5.02 Å². The molecule has 0 saturated heterocycles. The van der Waals surface area contributed by atoms with Gasteiger partial charge in [0.2, 0.25) is 0 Å². The van der Waals surface area contributed by atoms with Crippen molar-refractivity contribution in [2.45, 2.75) is 32.1 Å². The van der Waals surface area contributed by atoms with Crippen LogP contribution in [0, 0.1) is 17.3 Å². The molecule has 0 spiro atoms. The molecule has 2 aliphatic rings. The summed E-state index contributed by atoms with van der Waals surface area (Å²) in [6, 6.07) is 7.61. The Morgan fingerprint density at radius 3 is 2.56 bits per heavy atom. The second-order valence-electron chi connectivity index (χ2n) is 5.84. The van der Waals surface area contributed by atoms with Gasteiger partial charge in [0.15, 0.2) is 0 Å². The molecule has 0 aromatic heterocycles. The van der Waals surface area contributed by atoms with E-state index in [0.717, 1.165) is 24.8 Å².